The molecule has 0 aromatic heterocycles. The highest BCUT2D eigenvalue weighted by molar-refractivity contribution is 5.75. The van der Waals surface area contributed by atoms with Gasteiger partial charge in [-0.3, -0.25) is 4.79 Å². The van der Waals surface area contributed by atoms with Crippen molar-refractivity contribution in [2.75, 3.05) is 13.6 Å². The molecule has 7 atom stereocenters. The van der Waals surface area contributed by atoms with Gasteiger partial charge < -0.3 is 20.2 Å². The lowest BCUT2D eigenvalue weighted by Gasteiger charge is -2.53. The number of hydrogen-bond donors (Lipinski definition) is 3. The van der Waals surface area contributed by atoms with Crippen LogP contribution in [0.5, 0.6) is 5.75 Å². The third-order valence-corrected chi connectivity index (χ3v) is 11.0. The van der Waals surface area contributed by atoms with Crippen LogP contribution < -0.4 is 0 Å². The number of aliphatic hydroxyl groups excluding tert-OH is 2. The molecule has 3 N–H and O–H groups in total. The summed E-state index contributed by atoms with van der Waals surface area (Å²) in [6.45, 7) is 9.64. The number of carbonyl (C=O) groups is 1. The van der Waals surface area contributed by atoms with E-state index in [0.717, 1.165) is 75.5 Å². The fourth-order valence-electron chi connectivity index (χ4n) is 8.45. The van der Waals surface area contributed by atoms with Gasteiger partial charge in [0.05, 0.1) is 12.2 Å². The summed E-state index contributed by atoms with van der Waals surface area (Å²) in [5.41, 5.74) is 3.06. The predicted octanol–water partition coefficient (Wildman–Crippen LogP) is 7.65. The first-order valence-corrected chi connectivity index (χ1v) is 16.3. The summed E-state index contributed by atoms with van der Waals surface area (Å²) in [4.78, 5) is 14.1. The molecular formula is C35H55NO4. The van der Waals surface area contributed by atoms with E-state index in [1.54, 1.807) is 12.1 Å². The van der Waals surface area contributed by atoms with E-state index in [4.69, 9.17) is 0 Å². The average molecular weight is 554 g/mol. The number of aliphatic hydroxyl groups is 2. The fourth-order valence-corrected chi connectivity index (χ4v) is 8.45. The van der Waals surface area contributed by atoms with E-state index < -0.39 is 12.2 Å². The summed E-state index contributed by atoms with van der Waals surface area (Å²) < 4.78 is 0. The van der Waals surface area contributed by atoms with Crippen molar-refractivity contribution in [3.05, 3.63) is 41.5 Å². The Bertz CT molecular complexity index is 1010. The third kappa shape index (κ3) is 6.62. The molecular weight excluding hydrogens is 498 g/mol. The first-order chi connectivity index (χ1) is 19.2. The minimum Gasteiger partial charge on any atom is -0.508 e. The maximum Gasteiger partial charge on any atom is 0.222 e. The molecule has 1 amide bonds. The highest BCUT2D eigenvalue weighted by Crippen LogP contribution is 2.65. The maximum absolute atomic E-state index is 12.2. The third-order valence-electron chi connectivity index (χ3n) is 11.0. The van der Waals surface area contributed by atoms with Gasteiger partial charge in [0.15, 0.2) is 0 Å². The summed E-state index contributed by atoms with van der Waals surface area (Å²) in [5.74, 6) is 1.71. The number of nitrogens with zero attached hydrogens (tertiary/aromatic N) is 1. The van der Waals surface area contributed by atoms with Gasteiger partial charge in [-0.2, -0.15) is 0 Å². The van der Waals surface area contributed by atoms with Gasteiger partial charge in [0.1, 0.15) is 5.75 Å². The summed E-state index contributed by atoms with van der Waals surface area (Å²) in [5, 5.41) is 32.6. The molecule has 1 aromatic carbocycles. The molecule has 0 bridgehead atoms. The van der Waals surface area contributed by atoms with Gasteiger partial charge in [0, 0.05) is 20.0 Å². The van der Waals surface area contributed by atoms with Crippen molar-refractivity contribution in [1.82, 2.24) is 4.90 Å². The van der Waals surface area contributed by atoms with Gasteiger partial charge in [0.2, 0.25) is 5.91 Å². The summed E-state index contributed by atoms with van der Waals surface area (Å²) in [6, 6.07) is 5.59. The fraction of sp³-hybridized carbons (Fsp3) is 0.743. The number of unbranched alkanes of at least 4 members (excludes halogenated alkanes) is 8. The van der Waals surface area contributed by atoms with E-state index in [-0.39, 0.29) is 23.0 Å². The normalized spacial score (nSPS) is 31.0. The molecule has 4 rings (SSSR count). The van der Waals surface area contributed by atoms with Crippen molar-refractivity contribution < 1.29 is 20.1 Å². The number of aromatic hydroxyl groups is 1. The molecule has 0 aliphatic heterocycles. The van der Waals surface area contributed by atoms with Gasteiger partial charge in [-0.15, -0.1) is 0 Å². The van der Waals surface area contributed by atoms with E-state index in [9.17, 15) is 20.1 Å². The highest BCUT2D eigenvalue weighted by atomic mass is 16.3. The zero-order valence-electron chi connectivity index (χ0n) is 25.4. The van der Waals surface area contributed by atoms with E-state index >= 15 is 0 Å². The lowest BCUT2D eigenvalue weighted by atomic mass is 9.51. The van der Waals surface area contributed by atoms with Gasteiger partial charge in [-0.05, 0) is 96.4 Å². The Morgan fingerprint density at radius 2 is 1.70 bits per heavy atom. The molecule has 3 aliphatic carbocycles. The van der Waals surface area contributed by atoms with Crippen molar-refractivity contribution >= 4 is 5.91 Å². The van der Waals surface area contributed by atoms with E-state index in [1.165, 1.54) is 37.7 Å². The molecule has 4 unspecified atom stereocenters. The zero-order valence-corrected chi connectivity index (χ0v) is 25.4. The van der Waals surface area contributed by atoms with Crippen LogP contribution in [0, 0.1) is 23.2 Å². The second kappa shape index (κ2) is 13.9. The zero-order chi connectivity index (χ0) is 28.9. The second-order valence-corrected chi connectivity index (χ2v) is 13.5. The molecule has 0 heterocycles. The van der Waals surface area contributed by atoms with E-state index in [1.807, 2.05) is 18.0 Å². The Morgan fingerprint density at radius 3 is 2.40 bits per heavy atom. The van der Waals surface area contributed by atoms with Crippen LogP contribution in [0.1, 0.15) is 133 Å². The number of carbonyl (C=O) groups excluding carboxylic acids is 1. The Kier molecular flexibility index (Phi) is 10.8. The van der Waals surface area contributed by atoms with E-state index in [0.29, 0.717) is 24.2 Å². The van der Waals surface area contributed by atoms with Crippen LogP contribution in [-0.2, 0) is 4.79 Å². The smallest absolute Gasteiger partial charge is 0.222 e. The number of fused-ring (bicyclic) bond motifs is 5. The number of phenols is 1. The van der Waals surface area contributed by atoms with Crippen LogP contribution in [0.2, 0.25) is 0 Å². The van der Waals surface area contributed by atoms with Crippen LogP contribution >= 0.6 is 0 Å². The quantitative estimate of drug-likeness (QED) is 0.163. The van der Waals surface area contributed by atoms with Crippen molar-refractivity contribution in [2.45, 2.75) is 128 Å². The van der Waals surface area contributed by atoms with Crippen molar-refractivity contribution in [2.24, 2.45) is 23.2 Å². The summed E-state index contributed by atoms with van der Waals surface area (Å²) >= 11 is 0. The molecule has 5 heteroatoms. The van der Waals surface area contributed by atoms with E-state index in [2.05, 4.69) is 20.4 Å². The molecule has 2 saturated carbocycles. The summed E-state index contributed by atoms with van der Waals surface area (Å²) in [7, 11) is 1.92. The first-order valence-electron chi connectivity index (χ1n) is 16.3. The van der Waals surface area contributed by atoms with Crippen LogP contribution in [0.25, 0.3) is 0 Å². The lowest BCUT2D eigenvalue weighted by molar-refractivity contribution is -0.130. The van der Waals surface area contributed by atoms with Gasteiger partial charge in [-0.25, -0.2) is 0 Å². The molecule has 0 radical (unpaired) electrons. The van der Waals surface area contributed by atoms with Gasteiger partial charge in [0.25, 0.3) is 0 Å². The Labute approximate surface area is 243 Å². The summed E-state index contributed by atoms with van der Waals surface area (Å²) in [6.07, 6.45) is 15.0. The number of amides is 1. The Balaban J connectivity index is 1.25. The second-order valence-electron chi connectivity index (χ2n) is 13.5. The lowest BCUT2D eigenvalue weighted by Crippen LogP contribution is -2.45. The molecule has 1 aromatic rings. The molecule has 3 aliphatic rings. The Morgan fingerprint density at radius 1 is 1.02 bits per heavy atom. The minimum absolute atomic E-state index is 0.0531. The maximum atomic E-state index is 12.2. The SMILES string of the molecule is C=C1[C@H](O)CC2C3C(CC[C@]12C)c1ccc(O)cc1[C@@H](O)C3CCCCCCCCCCC(=O)N(C)CCCC. The number of phenolic OH excluding ortho intramolecular Hbond substituents is 1. The van der Waals surface area contributed by atoms with Crippen LogP contribution in [0.15, 0.2) is 30.4 Å². The topological polar surface area (TPSA) is 81.0 Å². The van der Waals surface area contributed by atoms with Crippen molar-refractivity contribution in [3.8, 4) is 5.75 Å². The van der Waals surface area contributed by atoms with Crippen LogP contribution in [0.4, 0.5) is 0 Å². The molecule has 5 nitrogen and oxygen atoms in total. The monoisotopic (exact) mass is 553 g/mol. The average Bonchev–Trinajstić information content (AvgIpc) is 3.17. The predicted molar refractivity (Wildman–Crippen MR) is 162 cm³/mol. The van der Waals surface area contributed by atoms with Crippen molar-refractivity contribution in [3.63, 3.8) is 0 Å². The number of rotatable bonds is 14. The largest absolute Gasteiger partial charge is 0.508 e. The molecule has 0 saturated heterocycles. The molecule has 40 heavy (non-hydrogen) atoms. The van der Waals surface area contributed by atoms with Crippen molar-refractivity contribution in [1.29, 1.82) is 0 Å². The minimum atomic E-state index is -0.569. The van der Waals surface area contributed by atoms with Crippen LogP contribution in [-0.4, -0.2) is 45.8 Å². The Hall–Kier alpha value is -1.85. The molecule has 2 fully saturated rings. The first kappa shape index (κ1) is 31.1. The molecule has 224 valence electrons. The number of benzene rings is 1. The van der Waals surface area contributed by atoms with Gasteiger partial charge >= 0.3 is 0 Å². The standard InChI is InChI=1S/C35H55NO4/c1-5-6-21-36(4)32(39)16-14-12-10-8-7-9-11-13-15-28-33-27(26-18-17-25(37)22-29(26)34(28)40)19-20-35(3)24(2)31(38)23-30(33)35/h17-18,22,27-28,30-31,33-34,37-38,40H,2,5-16,19-21,23H2,1,3-4H3/t27?,28?,30?,31-,33?,34+,35-/m1/s1. The number of hydrogen-bond acceptors (Lipinski definition) is 4. The highest BCUT2D eigenvalue weighted by Gasteiger charge is 2.58. The van der Waals surface area contributed by atoms with Gasteiger partial charge in [-0.1, -0.05) is 77.9 Å². The molecule has 0 spiro atoms. The van der Waals surface area contributed by atoms with Crippen LogP contribution in [0.3, 0.4) is 0 Å².